The minimum atomic E-state index is -0.902. The third kappa shape index (κ3) is 3.34. The summed E-state index contributed by atoms with van der Waals surface area (Å²) < 4.78 is 0. The van der Waals surface area contributed by atoms with Crippen molar-refractivity contribution in [1.29, 1.82) is 0 Å². The third-order valence-corrected chi connectivity index (χ3v) is 4.34. The summed E-state index contributed by atoms with van der Waals surface area (Å²) in [7, 11) is 1.56. The number of fused-ring (bicyclic) bond motifs is 1. The van der Waals surface area contributed by atoms with Gasteiger partial charge in [-0.1, -0.05) is 18.2 Å². The number of nitrogens with zero attached hydrogens (tertiary/aromatic N) is 2. The van der Waals surface area contributed by atoms with E-state index in [9.17, 15) is 24.5 Å². The zero-order chi connectivity index (χ0) is 19.7. The molecule has 0 atom stereocenters. The summed E-state index contributed by atoms with van der Waals surface area (Å²) in [5.41, 5.74) is -0.422. The van der Waals surface area contributed by atoms with Gasteiger partial charge in [0.05, 0.1) is 16.0 Å². The molecule has 1 heterocycles. The number of nitrogens with one attached hydrogen (secondary N) is 2. The summed E-state index contributed by atoms with van der Waals surface area (Å²) in [6.07, 6.45) is 0. The summed E-state index contributed by atoms with van der Waals surface area (Å²) in [6.45, 7) is 1.55. The molecule has 0 bridgehead atoms. The van der Waals surface area contributed by atoms with Gasteiger partial charge in [0, 0.05) is 36.3 Å². The fraction of sp³-hybridized carbons (Fsp3) is 0.167. The molecular weight excluding hydrogens is 352 g/mol. The van der Waals surface area contributed by atoms with Gasteiger partial charge in [-0.3, -0.25) is 24.5 Å². The Labute approximate surface area is 152 Å². The van der Waals surface area contributed by atoms with E-state index in [0.29, 0.717) is 16.7 Å². The first-order valence-electron chi connectivity index (χ1n) is 8.03. The molecule has 1 aromatic heterocycles. The van der Waals surface area contributed by atoms with E-state index in [-0.39, 0.29) is 29.2 Å². The summed E-state index contributed by atoms with van der Waals surface area (Å²) in [6, 6.07) is 9.78. The Hall–Kier alpha value is -3.75. The van der Waals surface area contributed by atoms with Crippen molar-refractivity contribution in [3.05, 3.63) is 83.9 Å². The van der Waals surface area contributed by atoms with Crippen molar-refractivity contribution in [2.45, 2.75) is 13.5 Å². The minimum Gasteiger partial charge on any atom is -0.337 e. The predicted octanol–water partition coefficient (Wildman–Crippen LogP) is 1.71. The first-order valence-corrected chi connectivity index (χ1v) is 8.03. The lowest BCUT2D eigenvalue weighted by molar-refractivity contribution is -0.385. The van der Waals surface area contributed by atoms with Crippen molar-refractivity contribution in [3.63, 3.8) is 0 Å². The molecule has 0 unspecified atom stereocenters. The first kappa shape index (κ1) is 18.1. The number of hydrogen-bond acceptors (Lipinski definition) is 5. The molecule has 3 rings (SSSR count). The summed E-state index contributed by atoms with van der Waals surface area (Å²) in [5.74, 6) is -0.276. The number of aromatic amines is 2. The van der Waals surface area contributed by atoms with Crippen molar-refractivity contribution in [3.8, 4) is 0 Å². The number of hydrogen-bond donors (Lipinski definition) is 2. The topological polar surface area (TPSA) is 129 Å². The highest BCUT2D eigenvalue weighted by Gasteiger charge is 2.22. The quantitative estimate of drug-likeness (QED) is 0.411. The maximum Gasteiger partial charge on any atom is 0.314 e. The molecule has 1 amide bonds. The zero-order valence-corrected chi connectivity index (χ0v) is 14.6. The number of amides is 1. The smallest absolute Gasteiger partial charge is 0.314 e. The number of H-pyrrole nitrogens is 2. The van der Waals surface area contributed by atoms with E-state index in [1.54, 1.807) is 37.4 Å². The molecule has 0 aliphatic rings. The normalized spacial score (nSPS) is 10.7. The van der Waals surface area contributed by atoms with Crippen LogP contribution in [0.4, 0.5) is 5.69 Å². The van der Waals surface area contributed by atoms with Crippen molar-refractivity contribution in [2.24, 2.45) is 0 Å². The molecule has 2 N–H and O–H groups in total. The maximum absolute atomic E-state index is 12.6. The largest absolute Gasteiger partial charge is 0.337 e. The highest BCUT2D eigenvalue weighted by atomic mass is 16.6. The predicted molar refractivity (Wildman–Crippen MR) is 98.8 cm³/mol. The maximum atomic E-state index is 12.6. The van der Waals surface area contributed by atoms with Crippen LogP contribution in [0.2, 0.25) is 0 Å². The van der Waals surface area contributed by atoms with E-state index in [0.717, 1.165) is 0 Å². The van der Waals surface area contributed by atoms with Crippen LogP contribution in [0.1, 0.15) is 21.5 Å². The molecule has 0 aliphatic heterocycles. The van der Waals surface area contributed by atoms with E-state index >= 15 is 0 Å². The molecule has 2 aromatic carbocycles. The number of benzene rings is 2. The van der Waals surface area contributed by atoms with Gasteiger partial charge in [0.2, 0.25) is 0 Å². The van der Waals surface area contributed by atoms with Crippen molar-refractivity contribution in [2.75, 3.05) is 7.05 Å². The van der Waals surface area contributed by atoms with Crippen molar-refractivity contribution < 1.29 is 9.72 Å². The van der Waals surface area contributed by atoms with Crippen LogP contribution < -0.4 is 11.1 Å². The number of rotatable bonds is 4. The van der Waals surface area contributed by atoms with Crippen LogP contribution in [0.15, 0.2) is 46.0 Å². The molecule has 9 nitrogen and oxygen atoms in total. The number of carbonyl (C=O) groups is 1. The fourth-order valence-electron chi connectivity index (χ4n) is 2.91. The lowest BCUT2D eigenvalue weighted by Gasteiger charge is -2.20. The van der Waals surface area contributed by atoms with Crippen LogP contribution in [0.5, 0.6) is 0 Å². The van der Waals surface area contributed by atoms with Gasteiger partial charge < -0.3 is 14.9 Å². The van der Waals surface area contributed by atoms with Crippen LogP contribution in [0.25, 0.3) is 11.0 Å². The molecule has 27 heavy (non-hydrogen) atoms. The van der Waals surface area contributed by atoms with Gasteiger partial charge in [0.1, 0.15) is 0 Å². The lowest BCUT2D eigenvalue weighted by atomic mass is 10.0. The second-order valence-electron chi connectivity index (χ2n) is 6.11. The second-order valence-corrected chi connectivity index (χ2v) is 6.11. The Morgan fingerprint density at radius 2 is 1.78 bits per heavy atom. The van der Waals surface area contributed by atoms with Gasteiger partial charge in [-0.2, -0.15) is 0 Å². The number of aromatic nitrogens is 2. The molecule has 0 spiro atoms. The van der Waals surface area contributed by atoms with Crippen LogP contribution in [-0.4, -0.2) is 32.7 Å². The van der Waals surface area contributed by atoms with Gasteiger partial charge in [-0.05, 0) is 19.1 Å². The van der Waals surface area contributed by atoms with Gasteiger partial charge in [0.25, 0.3) is 11.6 Å². The summed E-state index contributed by atoms with van der Waals surface area (Å²) >= 11 is 0. The van der Waals surface area contributed by atoms with Gasteiger partial charge in [-0.25, -0.2) is 0 Å². The molecule has 3 aromatic rings. The molecule has 0 fully saturated rings. The van der Waals surface area contributed by atoms with E-state index < -0.39 is 16.0 Å². The Balaban J connectivity index is 2.14. The summed E-state index contributed by atoms with van der Waals surface area (Å²) in [4.78, 5) is 52.9. The lowest BCUT2D eigenvalue weighted by Crippen LogP contribution is -2.31. The Morgan fingerprint density at radius 3 is 2.41 bits per heavy atom. The van der Waals surface area contributed by atoms with E-state index in [1.165, 1.54) is 17.9 Å². The highest BCUT2D eigenvalue weighted by molar-refractivity contribution is 5.94. The zero-order valence-electron chi connectivity index (χ0n) is 14.6. The second kappa shape index (κ2) is 6.87. The fourth-order valence-corrected chi connectivity index (χ4v) is 2.91. The highest BCUT2D eigenvalue weighted by Crippen LogP contribution is 2.28. The average Bonchev–Trinajstić information content (AvgIpc) is 2.65. The Morgan fingerprint density at radius 1 is 1.15 bits per heavy atom. The van der Waals surface area contributed by atoms with E-state index in [4.69, 9.17) is 0 Å². The third-order valence-electron chi connectivity index (χ3n) is 4.34. The van der Waals surface area contributed by atoms with E-state index in [1.807, 2.05) is 0 Å². The van der Waals surface area contributed by atoms with Crippen LogP contribution >= 0.6 is 0 Å². The average molecular weight is 368 g/mol. The molecule has 0 saturated heterocycles. The number of carbonyl (C=O) groups excluding carboxylic acids is 1. The van der Waals surface area contributed by atoms with Crippen molar-refractivity contribution >= 4 is 22.6 Å². The van der Waals surface area contributed by atoms with Gasteiger partial charge >= 0.3 is 11.1 Å². The van der Waals surface area contributed by atoms with E-state index in [2.05, 4.69) is 9.97 Å². The molecule has 0 aliphatic carbocycles. The first-order chi connectivity index (χ1) is 12.8. The molecule has 0 saturated carbocycles. The monoisotopic (exact) mass is 368 g/mol. The van der Waals surface area contributed by atoms with Crippen LogP contribution in [0.3, 0.4) is 0 Å². The van der Waals surface area contributed by atoms with Crippen LogP contribution in [0, 0.1) is 17.0 Å². The SMILES string of the molecule is Cc1c([N+](=O)[O-])cc2[nH]c(=O)c(=O)[nH]c2c1CN(C)C(=O)c1ccccc1. The standard InChI is InChI=1S/C18H16N4O5/c1-10-12(9-21(2)18(25)11-6-4-3-5-7-11)15-13(8-14(10)22(26)27)19-16(23)17(24)20-15/h3-8H,9H2,1-2H3,(H,19,23)(H,20,24). The van der Waals surface area contributed by atoms with Gasteiger partial charge in [0.15, 0.2) is 0 Å². The number of nitro benzene ring substituents is 1. The van der Waals surface area contributed by atoms with Crippen molar-refractivity contribution in [1.82, 2.24) is 14.9 Å². The van der Waals surface area contributed by atoms with Crippen LogP contribution in [-0.2, 0) is 6.54 Å². The Bertz CT molecular complexity index is 1160. The molecule has 0 radical (unpaired) electrons. The minimum absolute atomic E-state index is 0.0136. The summed E-state index contributed by atoms with van der Waals surface area (Å²) in [5, 5.41) is 11.4. The molecular formula is C18H16N4O5. The molecule has 138 valence electrons. The Kier molecular flexibility index (Phi) is 4.59. The number of nitro groups is 1. The molecule has 9 heteroatoms. The van der Waals surface area contributed by atoms with Gasteiger partial charge in [-0.15, -0.1) is 0 Å².